The molecule has 2 aliphatic heterocycles. The molecule has 2 unspecified atom stereocenters. The van der Waals surface area contributed by atoms with Crippen LogP contribution in [0.2, 0.25) is 0 Å². The zero-order valence-electron chi connectivity index (χ0n) is 8.22. The predicted octanol–water partition coefficient (Wildman–Crippen LogP) is -0.0139. The van der Waals surface area contributed by atoms with Crippen molar-refractivity contribution in [3.63, 3.8) is 0 Å². The summed E-state index contributed by atoms with van der Waals surface area (Å²) in [5.41, 5.74) is 5.65. The lowest BCUT2D eigenvalue weighted by Gasteiger charge is -2.28. The van der Waals surface area contributed by atoms with E-state index in [1.54, 1.807) is 0 Å². The molecule has 0 aromatic heterocycles. The number of hydrogen-bond acceptors (Lipinski definition) is 4. The molecular weight excluding hydrogens is 182 g/mol. The van der Waals surface area contributed by atoms with Gasteiger partial charge in [0.25, 0.3) is 0 Å². The Labute approximate surface area is 83.5 Å². The van der Waals surface area contributed by atoms with Gasteiger partial charge in [0, 0.05) is 12.6 Å². The van der Waals surface area contributed by atoms with Crippen LogP contribution in [0, 0.1) is 0 Å². The number of nitrogens with zero attached hydrogens (tertiary/aromatic N) is 2. The second-order valence-corrected chi connectivity index (χ2v) is 3.94. The molecule has 2 rings (SSSR count). The highest BCUT2D eigenvalue weighted by molar-refractivity contribution is 5.85. The second-order valence-electron chi connectivity index (χ2n) is 3.94. The predicted molar refractivity (Wildman–Crippen MR) is 52.4 cm³/mol. The van der Waals surface area contributed by atoms with Crippen LogP contribution < -0.4 is 5.73 Å². The van der Waals surface area contributed by atoms with Crippen molar-refractivity contribution in [2.45, 2.75) is 31.3 Å². The van der Waals surface area contributed by atoms with E-state index in [4.69, 9.17) is 15.7 Å². The van der Waals surface area contributed by atoms with Gasteiger partial charge in [-0.05, 0) is 25.8 Å². The molecule has 0 aromatic rings. The smallest absolute Gasteiger partial charge is 0.156 e. The van der Waals surface area contributed by atoms with Crippen molar-refractivity contribution < 1.29 is 9.94 Å². The Morgan fingerprint density at radius 2 is 2.36 bits per heavy atom. The molecular formula is C9H17N3O2. The molecule has 3 N–H and O–H groups in total. The third-order valence-corrected chi connectivity index (χ3v) is 3.13. The first-order valence-corrected chi connectivity index (χ1v) is 5.14. The van der Waals surface area contributed by atoms with Crippen LogP contribution in [0.4, 0.5) is 0 Å². The van der Waals surface area contributed by atoms with E-state index in [0.717, 1.165) is 39.0 Å². The number of ether oxygens (including phenoxy) is 1. The molecule has 80 valence electrons. The summed E-state index contributed by atoms with van der Waals surface area (Å²) in [6, 6.07) is 0.578. The Hall–Kier alpha value is -0.810. The molecule has 0 saturated carbocycles. The molecule has 5 nitrogen and oxygen atoms in total. The van der Waals surface area contributed by atoms with Gasteiger partial charge in [0.15, 0.2) is 5.84 Å². The first-order chi connectivity index (χ1) is 6.83. The first-order valence-electron chi connectivity index (χ1n) is 5.14. The van der Waals surface area contributed by atoms with E-state index in [1.807, 2.05) is 0 Å². The fraction of sp³-hybridized carbons (Fsp3) is 0.889. The minimum Gasteiger partial charge on any atom is -0.409 e. The third-order valence-electron chi connectivity index (χ3n) is 3.13. The summed E-state index contributed by atoms with van der Waals surface area (Å²) in [7, 11) is 0. The molecule has 2 saturated heterocycles. The zero-order chi connectivity index (χ0) is 9.97. The topological polar surface area (TPSA) is 71.1 Å². The Bertz CT molecular complexity index is 226. The summed E-state index contributed by atoms with van der Waals surface area (Å²) in [6.45, 7) is 2.66. The molecule has 0 amide bonds. The Morgan fingerprint density at radius 1 is 1.50 bits per heavy atom. The highest BCUT2D eigenvalue weighted by Crippen LogP contribution is 2.24. The molecule has 2 aliphatic rings. The normalized spacial score (nSPS) is 35.3. The van der Waals surface area contributed by atoms with Crippen molar-refractivity contribution in [1.82, 2.24) is 4.90 Å². The van der Waals surface area contributed by atoms with Gasteiger partial charge < -0.3 is 15.7 Å². The first kappa shape index (κ1) is 9.73. The number of hydrogen-bond donors (Lipinski definition) is 2. The maximum absolute atomic E-state index is 8.66. The monoisotopic (exact) mass is 199 g/mol. The number of likely N-dealkylation sites (tertiary alicyclic amines) is 1. The lowest BCUT2D eigenvalue weighted by Crippen LogP contribution is -2.46. The van der Waals surface area contributed by atoms with Gasteiger partial charge >= 0.3 is 0 Å². The summed E-state index contributed by atoms with van der Waals surface area (Å²) in [5, 5.41) is 11.8. The van der Waals surface area contributed by atoms with Crippen LogP contribution in [0.25, 0.3) is 0 Å². The van der Waals surface area contributed by atoms with Crippen LogP contribution in [-0.2, 0) is 4.74 Å². The van der Waals surface area contributed by atoms with Crippen molar-refractivity contribution >= 4 is 5.84 Å². The van der Waals surface area contributed by atoms with Gasteiger partial charge in [-0.2, -0.15) is 0 Å². The summed E-state index contributed by atoms with van der Waals surface area (Å²) < 4.78 is 5.35. The molecule has 5 heteroatoms. The maximum atomic E-state index is 8.66. The summed E-state index contributed by atoms with van der Waals surface area (Å²) in [6.07, 6.45) is 3.18. The van der Waals surface area contributed by atoms with Crippen molar-refractivity contribution in [1.29, 1.82) is 0 Å². The second kappa shape index (κ2) is 4.14. The summed E-state index contributed by atoms with van der Waals surface area (Å²) >= 11 is 0. The highest BCUT2D eigenvalue weighted by Gasteiger charge is 2.34. The average Bonchev–Trinajstić information content (AvgIpc) is 2.85. The maximum Gasteiger partial charge on any atom is 0.156 e. The standard InChI is InChI=1S/C9H17N3O2/c10-9(11-13)8-2-1-4-12(8)7-3-5-14-6-7/h7-8,13H,1-6H2,(H2,10,11). The lowest BCUT2D eigenvalue weighted by atomic mass is 10.1. The Balaban J connectivity index is 2.02. The summed E-state index contributed by atoms with van der Waals surface area (Å²) in [4.78, 5) is 2.31. The van der Waals surface area contributed by atoms with Gasteiger partial charge in [0.05, 0.1) is 12.6 Å². The fourth-order valence-corrected chi connectivity index (χ4v) is 2.39. The fourth-order valence-electron chi connectivity index (χ4n) is 2.39. The van der Waals surface area contributed by atoms with Crippen LogP contribution in [0.1, 0.15) is 19.3 Å². The van der Waals surface area contributed by atoms with Crippen LogP contribution >= 0.6 is 0 Å². The van der Waals surface area contributed by atoms with Crippen LogP contribution in [-0.4, -0.2) is 47.8 Å². The van der Waals surface area contributed by atoms with Crippen molar-refractivity contribution in [2.24, 2.45) is 10.9 Å². The van der Waals surface area contributed by atoms with Gasteiger partial charge in [0.1, 0.15) is 0 Å². The van der Waals surface area contributed by atoms with E-state index in [2.05, 4.69) is 10.1 Å². The molecule has 2 atom stereocenters. The highest BCUT2D eigenvalue weighted by atomic mass is 16.5. The third kappa shape index (κ3) is 1.69. The number of oxime groups is 1. The molecule has 2 fully saturated rings. The SMILES string of the molecule is NC(=NO)C1CCCN1C1CCOC1. The summed E-state index contributed by atoms with van der Waals surface area (Å²) in [5.74, 6) is 0.342. The Kier molecular flexibility index (Phi) is 2.88. The number of amidine groups is 1. The van der Waals surface area contributed by atoms with E-state index in [0.29, 0.717) is 11.9 Å². The van der Waals surface area contributed by atoms with Gasteiger partial charge in [-0.3, -0.25) is 4.90 Å². The lowest BCUT2D eigenvalue weighted by molar-refractivity contribution is 0.149. The minimum absolute atomic E-state index is 0.117. The minimum atomic E-state index is 0.117. The van der Waals surface area contributed by atoms with Gasteiger partial charge in [-0.1, -0.05) is 5.16 Å². The van der Waals surface area contributed by atoms with Crippen molar-refractivity contribution in [3.8, 4) is 0 Å². The van der Waals surface area contributed by atoms with E-state index in [1.165, 1.54) is 0 Å². The largest absolute Gasteiger partial charge is 0.409 e. The van der Waals surface area contributed by atoms with Crippen molar-refractivity contribution in [2.75, 3.05) is 19.8 Å². The number of nitrogens with two attached hydrogens (primary N) is 1. The molecule has 2 heterocycles. The molecule has 0 bridgehead atoms. The van der Waals surface area contributed by atoms with Crippen LogP contribution in [0.15, 0.2) is 5.16 Å². The number of rotatable bonds is 2. The average molecular weight is 199 g/mol. The van der Waals surface area contributed by atoms with Crippen LogP contribution in [0.3, 0.4) is 0 Å². The van der Waals surface area contributed by atoms with E-state index in [9.17, 15) is 0 Å². The molecule has 14 heavy (non-hydrogen) atoms. The molecule has 0 aliphatic carbocycles. The van der Waals surface area contributed by atoms with Crippen LogP contribution in [0.5, 0.6) is 0 Å². The van der Waals surface area contributed by atoms with Crippen molar-refractivity contribution in [3.05, 3.63) is 0 Å². The van der Waals surface area contributed by atoms with E-state index in [-0.39, 0.29) is 6.04 Å². The van der Waals surface area contributed by atoms with E-state index < -0.39 is 0 Å². The molecule has 0 aromatic carbocycles. The molecule has 0 spiro atoms. The van der Waals surface area contributed by atoms with E-state index >= 15 is 0 Å². The van der Waals surface area contributed by atoms with Gasteiger partial charge in [-0.15, -0.1) is 0 Å². The van der Waals surface area contributed by atoms with Gasteiger partial charge in [0.2, 0.25) is 0 Å². The zero-order valence-corrected chi connectivity index (χ0v) is 8.22. The molecule has 0 radical (unpaired) electrons. The Morgan fingerprint density at radius 3 is 3.00 bits per heavy atom. The van der Waals surface area contributed by atoms with Gasteiger partial charge in [-0.25, -0.2) is 0 Å². The quantitative estimate of drug-likeness (QED) is 0.284.